The molecule has 0 aliphatic carbocycles. The van der Waals surface area contributed by atoms with Crippen molar-refractivity contribution < 1.29 is 13.2 Å². The highest BCUT2D eigenvalue weighted by atomic mass is 32.2. The lowest BCUT2D eigenvalue weighted by Crippen LogP contribution is -2.28. The van der Waals surface area contributed by atoms with E-state index in [0.29, 0.717) is 42.8 Å². The Bertz CT molecular complexity index is 528. The maximum absolute atomic E-state index is 12.5. The van der Waals surface area contributed by atoms with E-state index in [-0.39, 0.29) is 0 Å². The van der Waals surface area contributed by atoms with Crippen molar-refractivity contribution in [2.45, 2.75) is 24.7 Å². The zero-order valence-corrected chi connectivity index (χ0v) is 12.6. The van der Waals surface area contributed by atoms with Crippen LogP contribution < -0.4 is 10.5 Å². The summed E-state index contributed by atoms with van der Waals surface area (Å²) >= 11 is 0. The van der Waals surface area contributed by atoms with Crippen LogP contribution in [0.25, 0.3) is 0 Å². The van der Waals surface area contributed by atoms with E-state index in [1.165, 1.54) is 0 Å². The first-order valence-electron chi connectivity index (χ1n) is 7.01. The fourth-order valence-electron chi connectivity index (χ4n) is 2.38. The maximum Gasteiger partial charge on any atom is 0.243 e. The molecule has 6 heteroatoms. The molecule has 20 heavy (non-hydrogen) atoms. The van der Waals surface area contributed by atoms with E-state index in [4.69, 9.17) is 10.5 Å². The van der Waals surface area contributed by atoms with Crippen molar-refractivity contribution in [3.8, 4) is 5.75 Å². The summed E-state index contributed by atoms with van der Waals surface area (Å²) in [6.07, 6.45) is 1.98. The number of hydrogen-bond donors (Lipinski definition) is 1. The minimum Gasteiger partial charge on any atom is -0.492 e. The van der Waals surface area contributed by atoms with Gasteiger partial charge in [0.05, 0.1) is 4.90 Å². The summed E-state index contributed by atoms with van der Waals surface area (Å²) < 4.78 is 31.9. The van der Waals surface area contributed by atoms with Crippen molar-refractivity contribution in [1.29, 1.82) is 0 Å². The van der Waals surface area contributed by atoms with Gasteiger partial charge in [0, 0.05) is 19.6 Å². The van der Waals surface area contributed by atoms with Gasteiger partial charge in [-0.05, 0) is 36.6 Å². The molecular formula is C14H22N2O3S. The van der Waals surface area contributed by atoms with Crippen LogP contribution in [0.3, 0.4) is 0 Å². The fourth-order valence-corrected chi connectivity index (χ4v) is 3.91. The van der Waals surface area contributed by atoms with Gasteiger partial charge in [-0.3, -0.25) is 0 Å². The Kier molecular flexibility index (Phi) is 5.01. The third-order valence-corrected chi connectivity index (χ3v) is 5.55. The van der Waals surface area contributed by atoms with Crippen LogP contribution in [0.5, 0.6) is 5.75 Å². The first kappa shape index (κ1) is 15.3. The van der Waals surface area contributed by atoms with Gasteiger partial charge >= 0.3 is 0 Å². The van der Waals surface area contributed by atoms with Gasteiger partial charge in [0.15, 0.2) is 0 Å². The molecule has 1 saturated heterocycles. The lowest BCUT2D eigenvalue weighted by atomic mass is 10.1. The van der Waals surface area contributed by atoms with Crippen LogP contribution in [-0.2, 0) is 10.0 Å². The summed E-state index contributed by atoms with van der Waals surface area (Å²) in [6.45, 7) is 4.21. The lowest BCUT2D eigenvalue weighted by molar-refractivity contribution is 0.328. The Labute approximate surface area is 120 Å². The Balaban J connectivity index is 2.10. The Morgan fingerprint density at radius 2 is 2.05 bits per heavy atom. The largest absolute Gasteiger partial charge is 0.492 e. The first-order chi connectivity index (χ1) is 9.57. The molecule has 2 rings (SSSR count). The molecule has 1 aromatic carbocycles. The molecule has 0 bridgehead atoms. The molecule has 5 nitrogen and oxygen atoms in total. The van der Waals surface area contributed by atoms with Gasteiger partial charge in [0.2, 0.25) is 10.0 Å². The molecular weight excluding hydrogens is 276 g/mol. The predicted molar refractivity (Wildman–Crippen MR) is 78.1 cm³/mol. The average molecular weight is 298 g/mol. The van der Waals surface area contributed by atoms with Gasteiger partial charge in [-0.1, -0.05) is 13.3 Å². The third kappa shape index (κ3) is 3.31. The standard InChI is InChI=1S/C14H22N2O3S/c1-2-12-7-9-16(11-12)20(17,18)14-5-3-13(4-6-14)19-10-8-15/h3-6,12H,2,7-11,15H2,1H3. The molecule has 1 heterocycles. The molecule has 1 aliphatic rings. The minimum absolute atomic E-state index is 0.328. The normalized spacial score (nSPS) is 20.2. The topological polar surface area (TPSA) is 72.6 Å². The third-order valence-electron chi connectivity index (χ3n) is 3.67. The fraction of sp³-hybridized carbons (Fsp3) is 0.571. The summed E-state index contributed by atoms with van der Waals surface area (Å²) in [5.41, 5.74) is 5.36. The first-order valence-corrected chi connectivity index (χ1v) is 8.45. The van der Waals surface area contributed by atoms with E-state index >= 15 is 0 Å². The van der Waals surface area contributed by atoms with E-state index in [1.54, 1.807) is 28.6 Å². The zero-order valence-electron chi connectivity index (χ0n) is 11.8. The summed E-state index contributed by atoms with van der Waals surface area (Å²) in [5, 5.41) is 0. The number of hydrogen-bond acceptors (Lipinski definition) is 4. The monoisotopic (exact) mass is 298 g/mol. The summed E-state index contributed by atoms with van der Waals surface area (Å²) in [7, 11) is -3.37. The van der Waals surface area contributed by atoms with Crippen LogP contribution in [0.4, 0.5) is 0 Å². The van der Waals surface area contributed by atoms with E-state index in [2.05, 4.69) is 6.92 Å². The van der Waals surface area contributed by atoms with Gasteiger partial charge in [-0.25, -0.2) is 8.42 Å². The molecule has 1 aliphatic heterocycles. The number of nitrogens with zero attached hydrogens (tertiary/aromatic N) is 1. The van der Waals surface area contributed by atoms with Crippen molar-refractivity contribution in [1.82, 2.24) is 4.31 Å². The predicted octanol–water partition coefficient (Wildman–Crippen LogP) is 1.44. The number of nitrogens with two attached hydrogens (primary N) is 1. The van der Waals surface area contributed by atoms with Gasteiger partial charge in [-0.15, -0.1) is 0 Å². The smallest absolute Gasteiger partial charge is 0.243 e. The molecule has 0 aromatic heterocycles. The molecule has 0 amide bonds. The number of sulfonamides is 1. The Morgan fingerprint density at radius 1 is 1.35 bits per heavy atom. The van der Waals surface area contributed by atoms with Crippen molar-refractivity contribution in [3.05, 3.63) is 24.3 Å². The van der Waals surface area contributed by atoms with Crippen molar-refractivity contribution in [3.63, 3.8) is 0 Å². The van der Waals surface area contributed by atoms with Gasteiger partial charge < -0.3 is 10.5 Å². The molecule has 1 aromatic rings. The number of ether oxygens (including phenoxy) is 1. The molecule has 0 spiro atoms. The molecule has 0 radical (unpaired) electrons. The number of benzene rings is 1. The molecule has 1 atom stereocenters. The van der Waals surface area contributed by atoms with Crippen LogP contribution in [0.1, 0.15) is 19.8 Å². The highest BCUT2D eigenvalue weighted by Gasteiger charge is 2.31. The van der Waals surface area contributed by atoms with Crippen molar-refractivity contribution >= 4 is 10.0 Å². The molecule has 2 N–H and O–H groups in total. The molecule has 1 unspecified atom stereocenters. The van der Waals surface area contributed by atoms with E-state index in [0.717, 1.165) is 12.8 Å². The maximum atomic E-state index is 12.5. The highest BCUT2D eigenvalue weighted by molar-refractivity contribution is 7.89. The van der Waals surface area contributed by atoms with Gasteiger partial charge in [0.25, 0.3) is 0 Å². The second kappa shape index (κ2) is 6.56. The SMILES string of the molecule is CCC1CCN(S(=O)(=O)c2ccc(OCCN)cc2)C1. The Morgan fingerprint density at radius 3 is 2.60 bits per heavy atom. The van der Waals surface area contributed by atoms with Crippen molar-refractivity contribution in [2.24, 2.45) is 11.7 Å². The van der Waals surface area contributed by atoms with Crippen LogP contribution in [-0.4, -0.2) is 39.0 Å². The molecule has 1 fully saturated rings. The second-order valence-electron chi connectivity index (χ2n) is 5.03. The van der Waals surface area contributed by atoms with Crippen LogP contribution in [0.15, 0.2) is 29.2 Å². The molecule has 112 valence electrons. The van der Waals surface area contributed by atoms with E-state index in [1.807, 2.05) is 0 Å². The second-order valence-corrected chi connectivity index (χ2v) is 6.97. The summed E-state index contributed by atoms with van der Waals surface area (Å²) in [5.74, 6) is 1.12. The summed E-state index contributed by atoms with van der Waals surface area (Å²) in [4.78, 5) is 0.328. The Hall–Kier alpha value is -1.11. The van der Waals surface area contributed by atoms with Crippen LogP contribution in [0.2, 0.25) is 0 Å². The van der Waals surface area contributed by atoms with Crippen LogP contribution >= 0.6 is 0 Å². The summed E-state index contributed by atoms with van der Waals surface area (Å²) in [6, 6.07) is 6.55. The van der Waals surface area contributed by atoms with Gasteiger partial charge in [0.1, 0.15) is 12.4 Å². The van der Waals surface area contributed by atoms with Gasteiger partial charge in [-0.2, -0.15) is 4.31 Å². The quantitative estimate of drug-likeness (QED) is 0.862. The van der Waals surface area contributed by atoms with Crippen LogP contribution in [0, 0.1) is 5.92 Å². The molecule has 0 saturated carbocycles. The average Bonchev–Trinajstić information content (AvgIpc) is 2.95. The number of rotatable bonds is 6. The highest BCUT2D eigenvalue weighted by Crippen LogP contribution is 2.26. The minimum atomic E-state index is -3.37. The van der Waals surface area contributed by atoms with Crippen molar-refractivity contribution in [2.75, 3.05) is 26.2 Å². The van der Waals surface area contributed by atoms with E-state index < -0.39 is 10.0 Å². The van der Waals surface area contributed by atoms with E-state index in [9.17, 15) is 8.42 Å². The zero-order chi connectivity index (χ0) is 14.6. The lowest BCUT2D eigenvalue weighted by Gasteiger charge is -2.16.